The lowest BCUT2D eigenvalue weighted by Gasteiger charge is -1.99. The zero-order valence-corrected chi connectivity index (χ0v) is 15.2. The summed E-state index contributed by atoms with van der Waals surface area (Å²) in [5, 5.41) is 9.58. The lowest BCUT2D eigenvalue weighted by Crippen LogP contribution is -2.06. The van der Waals surface area contributed by atoms with Crippen molar-refractivity contribution in [3.63, 3.8) is 0 Å². The van der Waals surface area contributed by atoms with Crippen LogP contribution in [0.1, 0.15) is 18.2 Å². The lowest BCUT2D eigenvalue weighted by molar-refractivity contribution is -0.145. The van der Waals surface area contributed by atoms with Crippen molar-refractivity contribution in [3.8, 4) is 22.1 Å². The minimum Gasteiger partial charge on any atom is -0.456 e. The molecular formula is C18H13FN4O4S. The third-order valence-electron chi connectivity index (χ3n) is 3.68. The molecule has 1 aromatic carbocycles. The van der Waals surface area contributed by atoms with E-state index in [1.54, 1.807) is 0 Å². The fraction of sp³-hybridized carbons (Fsp3) is 0.167. The summed E-state index contributed by atoms with van der Waals surface area (Å²) in [6, 6.07) is 9.44. The zero-order valence-electron chi connectivity index (χ0n) is 14.4. The van der Waals surface area contributed by atoms with E-state index < -0.39 is 5.97 Å². The van der Waals surface area contributed by atoms with E-state index in [1.807, 2.05) is 17.5 Å². The average molecular weight is 400 g/mol. The standard InChI is InChI=1S/C18H13FN4O4S/c19-12-5-3-11(4-6-12)17-21-15(27-22-17)10-25-16(24)8-7-14-20-18(23-26-14)13-2-1-9-28-13/h1-6,9H,7-8,10H2. The molecule has 0 amide bonds. The fourth-order valence-electron chi connectivity index (χ4n) is 2.32. The van der Waals surface area contributed by atoms with Crippen LogP contribution in [0.4, 0.5) is 4.39 Å². The molecule has 8 nitrogen and oxygen atoms in total. The van der Waals surface area contributed by atoms with Gasteiger partial charge < -0.3 is 13.8 Å². The Balaban J connectivity index is 1.26. The maximum absolute atomic E-state index is 12.9. The van der Waals surface area contributed by atoms with Gasteiger partial charge in [-0.3, -0.25) is 4.79 Å². The molecule has 0 saturated heterocycles. The Morgan fingerprint density at radius 3 is 2.57 bits per heavy atom. The molecule has 0 unspecified atom stereocenters. The molecule has 0 radical (unpaired) electrons. The van der Waals surface area contributed by atoms with Crippen LogP contribution in [0.2, 0.25) is 0 Å². The van der Waals surface area contributed by atoms with Crippen molar-refractivity contribution in [1.29, 1.82) is 0 Å². The number of benzene rings is 1. The molecule has 0 aliphatic rings. The highest BCUT2D eigenvalue weighted by Gasteiger charge is 2.14. The van der Waals surface area contributed by atoms with Gasteiger partial charge in [0.2, 0.25) is 17.5 Å². The van der Waals surface area contributed by atoms with E-state index in [-0.39, 0.29) is 37.0 Å². The van der Waals surface area contributed by atoms with E-state index >= 15 is 0 Å². The SMILES string of the molecule is O=C(CCc1nc(-c2cccs2)no1)OCc1nc(-c2ccc(F)cc2)no1. The first-order chi connectivity index (χ1) is 13.7. The number of nitrogens with zero attached hydrogens (tertiary/aromatic N) is 4. The van der Waals surface area contributed by atoms with Gasteiger partial charge in [-0.25, -0.2) is 4.39 Å². The van der Waals surface area contributed by atoms with E-state index in [4.69, 9.17) is 13.8 Å². The van der Waals surface area contributed by atoms with Crippen molar-refractivity contribution in [2.75, 3.05) is 0 Å². The summed E-state index contributed by atoms with van der Waals surface area (Å²) in [7, 11) is 0. The van der Waals surface area contributed by atoms with Crippen LogP contribution >= 0.6 is 11.3 Å². The number of ether oxygens (including phenoxy) is 1. The van der Waals surface area contributed by atoms with E-state index in [0.29, 0.717) is 17.3 Å². The van der Waals surface area contributed by atoms with Gasteiger partial charge in [0.25, 0.3) is 5.89 Å². The molecule has 4 aromatic rings. The molecule has 10 heteroatoms. The molecule has 0 fully saturated rings. The summed E-state index contributed by atoms with van der Waals surface area (Å²) in [5.41, 5.74) is 0.598. The van der Waals surface area contributed by atoms with Crippen LogP contribution < -0.4 is 0 Å². The first kappa shape index (κ1) is 18.0. The highest BCUT2D eigenvalue weighted by atomic mass is 32.1. The predicted octanol–water partition coefficient (Wildman–Crippen LogP) is 3.66. The summed E-state index contributed by atoms with van der Waals surface area (Å²) in [5.74, 6) is 0.473. The Labute approximate surface area is 162 Å². The van der Waals surface area contributed by atoms with E-state index in [1.165, 1.54) is 35.6 Å². The van der Waals surface area contributed by atoms with Crippen molar-refractivity contribution in [1.82, 2.24) is 20.3 Å². The monoisotopic (exact) mass is 400 g/mol. The number of thiophene rings is 1. The van der Waals surface area contributed by atoms with Gasteiger partial charge in [0, 0.05) is 12.0 Å². The summed E-state index contributed by atoms with van der Waals surface area (Å²) in [4.78, 5) is 21.2. The number of hydrogen-bond acceptors (Lipinski definition) is 9. The van der Waals surface area contributed by atoms with Gasteiger partial charge in [-0.2, -0.15) is 9.97 Å². The highest BCUT2D eigenvalue weighted by molar-refractivity contribution is 7.13. The molecule has 0 saturated carbocycles. The highest BCUT2D eigenvalue weighted by Crippen LogP contribution is 2.21. The van der Waals surface area contributed by atoms with Crippen molar-refractivity contribution in [3.05, 3.63) is 59.4 Å². The van der Waals surface area contributed by atoms with Crippen molar-refractivity contribution >= 4 is 17.3 Å². The summed E-state index contributed by atoms with van der Waals surface area (Å²) in [6.07, 6.45) is 0.340. The first-order valence-corrected chi connectivity index (χ1v) is 9.16. The number of carbonyl (C=O) groups excluding carboxylic acids is 1. The van der Waals surface area contributed by atoms with E-state index in [0.717, 1.165) is 4.88 Å². The molecule has 0 aliphatic carbocycles. The quantitative estimate of drug-likeness (QED) is 0.433. The number of rotatable bonds is 7. The van der Waals surface area contributed by atoms with Gasteiger partial charge >= 0.3 is 5.97 Å². The molecule has 28 heavy (non-hydrogen) atoms. The molecular weight excluding hydrogens is 387 g/mol. The van der Waals surface area contributed by atoms with E-state index in [9.17, 15) is 9.18 Å². The van der Waals surface area contributed by atoms with Gasteiger partial charge in [-0.1, -0.05) is 16.4 Å². The maximum Gasteiger partial charge on any atom is 0.306 e. The first-order valence-electron chi connectivity index (χ1n) is 8.28. The molecule has 0 atom stereocenters. The van der Waals surface area contributed by atoms with Crippen LogP contribution in [0.5, 0.6) is 0 Å². The van der Waals surface area contributed by atoms with Crippen molar-refractivity contribution in [2.45, 2.75) is 19.4 Å². The van der Waals surface area contributed by atoms with Crippen LogP contribution in [0, 0.1) is 5.82 Å². The minimum absolute atomic E-state index is 0.0744. The van der Waals surface area contributed by atoms with Gasteiger partial charge in [-0.15, -0.1) is 11.3 Å². The van der Waals surface area contributed by atoms with Crippen molar-refractivity contribution < 1.29 is 23.0 Å². The zero-order chi connectivity index (χ0) is 19.3. The maximum atomic E-state index is 12.9. The number of hydrogen-bond donors (Lipinski definition) is 0. The second-order valence-corrected chi connectivity index (χ2v) is 6.62. The number of esters is 1. The fourth-order valence-corrected chi connectivity index (χ4v) is 2.96. The van der Waals surface area contributed by atoms with Gasteiger partial charge in [0.1, 0.15) is 5.82 Å². The summed E-state index contributed by atoms with van der Waals surface area (Å²) >= 11 is 1.50. The lowest BCUT2D eigenvalue weighted by atomic mass is 10.2. The largest absolute Gasteiger partial charge is 0.456 e. The van der Waals surface area contributed by atoms with Crippen LogP contribution in [0.15, 0.2) is 50.8 Å². The number of aromatic nitrogens is 4. The van der Waals surface area contributed by atoms with E-state index in [2.05, 4.69) is 20.3 Å². The molecule has 3 aromatic heterocycles. The molecule has 0 aliphatic heterocycles. The third kappa shape index (κ3) is 4.29. The second kappa shape index (κ2) is 8.09. The molecule has 0 spiro atoms. The Morgan fingerprint density at radius 2 is 1.79 bits per heavy atom. The molecule has 0 N–H and O–H groups in total. The Kier molecular flexibility index (Phi) is 5.20. The normalized spacial score (nSPS) is 10.9. The predicted molar refractivity (Wildman–Crippen MR) is 95.4 cm³/mol. The van der Waals surface area contributed by atoms with Gasteiger partial charge in [0.05, 0.1) is 11.3 Å². The molecule has 4 rings (SSSR count). The summed E-state index contributed by atoms with van der Waals surface area (Å²) < 4.78 is 28.2. The number of halogens is 1. The minimum atomic E-state index is -0.461. The van der Waals surface area contributed by atoms with Crippen LogP contribution in [-0.2, 0) is 22.6 Å². The van der Waals surface area contributed by atoms with Gasteiger partial charge in [-0.05, 0) is 35.7 Å². The third-order valence-corrected chi connectivity index (χ3v) is 4.55. The number of carbonyl (C=O) groups is 1. The average Bonchev–Trinajstić information content (AvgIpc) is 3.46. The smallest absolute Gasteiger partial charge is 0.306 e. The summed E-state index contributed by atoms with van der Waals surface area (Å²) in [6.45, 7) is -0.155. The Morgan fingerprint density at radius 1 is 1.04 bits per heavy atom. The van der Waals surface area contributed by atoms with Crippen molar-refractivity contribution in [2.24, 2.45) is 0 Å². The van der Waals surface area contributed by atoms with Gasteiger partial charge in [0.15, 0.2) is 6.61 Å². The second-order valence-electron chi connectivity index (χ2n) is 5.67. The molecule has 0 bridgehead atoms. The van der Waals surface area contributed by atoms with Crippen LogP contribution in [-0.4, -0.2) is 26.3 Å². The Hall–Kier alpha value is -3.40. The Bertz CT molecular complexity index is 1060. The van der Waals surface area contributed by atoms with Crippen LogP contribution in [0.25, 0.3) is 22.1 Å². The topological polar surface area (TPSA) is 104 Å². The molecule has 3 heterocycles. The number of aryl methyl sites for hydroxylation is 1. The van der Waals surface area contributed by atoms with Crippen LogP contribution in [0.3, 0.4) is 0 Å². The molecule has 142 valence electrons.